The van der Waals surface area contributed by atoms with Crippen LogP contribution in [0.15, 0.2) is 56.5 Å². The molecule has 38 heavy (non-hydrogen) atoms. The van der Waals surface area contributed by atoms with Gasteiger partial charge in [-0.1, -0.05) is 22.0 Å². The number of aryl methyl sites for hydroxylation is 2. The monoisotopic (exact) mass is 648 g/mol. The van der Waals surface area contributed by atoms with E-state index in [-0.39, 0.29) is 17.9 Å². The molecular formula is C27H26Br2N2O7. The van der Waals surface area contributed by atoms with Crippen LogP contribution in [0, 0.1) is 13.8 Å². The van der Waals surface area contributed by atoms with Crippen LogP contribution in [-0.4, -0.2) is 46.0 Å². The quantitative estimate of drug-likeness (QED) is 0.132. The fourth-order valence-electron chi connectivity index (χ4n) is 3.29. The van der Waals surface area contributed by atoms with Crippen molar-refractivity contribution in [2.45, 2.75) is 13.8 Å². The summed E-state index contributed by atoms with van der Waals surface area (Å²) in [6.07, 6.45) is 1.36. The van der Waals surface area contributed by atoms with Crippen molar-refractivity contribution in [2.24, 2.45) is 5.10 Å². The summed E-state index contributed by atoms with van der Waals surface area (Å²) in [4.78, 5) is 25.3. The van der Waals surface area contributed by atoms with E-state index in [0.717, 1.165) is 11.1 Å². The highest BCUT2D eigenvalue weighted by Crippen LogP contribution is 2.39. The van der Waals surface area contributed by atoms with Crippen LogP contribution in [-0.2, 0) is 4.79 Å². The number of carbonyl (C=O) groups excluding carboxylic acids is 2. The number of ether oxygens (including phenoxy) is 5. The molecule has 1 N–H and O–H groups in total. The number of nitrogens with zero attached hydrogens (tertiary/aromatic N) is 1. The van der Waals surface area contributed by atoms with E-state index in [9.17, 15) is 9.59 Å². The van der Waals surface area contributed by atoms with E-state index < -0.39 is 11.9 Å². The number of rotatable bonds is 10. The molecule has 9 nitrogen and oxygen atoms in total. The number of hydrogen-bond acceptors (Lipinski definition) is 8. The maximum absolute atomic E-state index is 13.0. The van der Waals surface area contributed by atoms with Gasteiger partial charge in [-0.15, -0.1) is 0 Å². The SMILES string of the molecule is COc1cc(C(=O)Oc2c(Br)cc(Br)cc2/C=N/NC(=O)COc2ccc(C)c(C)c2)cc(OC)c1OC. The second-order valence-corrected chi connectivity index (χ2v) is 9.71. The smallest absolute Gasteiger partial charge is 0.343 e. The Kier molecular flexibility index (Phi) is 10.1. The number of halogens is 2. The number of amides is 1. The minimum Gasteiger partial charge on any atom is -0.493 e. The number of methoxy groups -OCH3 is 3. The normalized spacial score (nSPS) is 10.7. The first-order chi connectivity index (χ1) is 18.2. The first-order valence-corrected chi connectivity index (χ1v) is 12.8. The molecule has 1 amide bonds. The molecule has 0 spiro atoms. The minimum atomic E-state index is -0.673. The molecule has 0 saturated carbocycles. The maximum Gasteiger partial charge on any atom is 0.343 e. The van der Waals surface area contributed by atoms with Crippen molar-refractivity contribution < 1.29 is 33.3 Å². The standard InChI is InChI=1S/C27H26Br2N2O7/c1-15-6-7-20(8-16(15)2)37-14-24(32)31-30-13-18-9-19(28)12-21(29)25(18)38-27(33)17-10-22(34-3)26(36-5)23(11-17)35-4/h6-13H,14H2,1-5H3,(H,31,32)/b30-13+. The summed E-state index contributed by atoms with van der Waals surface area (Å²) in [5, 5.41) is 3.99. The largest absolute Gasteiger partial charge is 0.493 e. The lowest BCUT2D eigenvalue weighted by molar-refractivity contribution is -0.123. The highest BCUT2D eigenvalue weighted by molar-refractivity contribution is 9.11. The van der Waals surface area contributed by atoms with Gasteiger partial charge in [0.15, 0.2) is 23.9 Å². The first kappa shape index (κ1) is 29.0. The summed E-state index contributed by atoms with van der Waals surface area (Å²) < 4.78 is 28.3. The van der Waals surface area contributed by atoms with Crippen LogP contribution < -0.4 is 29.1 Å². The third-order valence-corrected chi connectivity index (χ3v) is 6.42. The third kappa shape index (κ3) is 7.26. The lowest BCUT2D eigenvalue weighted by Crippen LogP contribution is -2.24. The number of benzene rings is 3. The lowest BCUT2D eigenvalue weighted by atomic mass is 10.1. The molecule has 0 aromatic heterocycles. The average molecular weight is 650 g/mol. The van der Waals surface area contributed by atoms with Gasteiger partial charge < -0.3 is 23.7 Å². The van der Waals surface area contributed by atoms with Crippen molar-refractivity contribution in [1.82, 2.24) is 5.43 Å². The topological polar surface area (TPSA) is 105 Å². The van der Waals surface area contributed by atoms with Crippen molar-refractivity contribution in [3.05, 3.63) is 73.7 Å². The zero-order chi connectivity index (χ0) is 27.8. The fraction of sp³-hybridized carbons (Fsp3) is 0.222. The maximum atomic E-state index is 13.0. The van der Waals surface area contributed by atoms with Crippen molar-refractivity contribution in [3.63, 3.8) is 0 Å². The molecule has 0 bridgehead atoms. The summed E-state index contributed by atoms with van der Waals surface area (Å²) in [7, 11) is 4.37. The molecule has 11 heteroatoms. The molecule has 0 radical (unpaired) electrons. The molecule has 0 atom stereocenters. The van der Waals surface area contributed by atoms with E-state index in [4.69, 9.17) is 23.7 Å². The summed E-state index contributed by atoms with van der Waals surface area (Å²) in [6, 6.07) is 12.0. The Morgan fingerprint density at radius 1 is 0.895 bits per heavy atom. The van der Waals surface area contributed by atoms with Crippen LogP contribution in [0.25, 0.3) is 0 Å². The zero-order valence-corrected chi connectivity index (χ0v) is 24.6. The highest BCUT2D eigenvalue weighted by atomic mass is 79.9. The van der Waals surface area contributed by atoms with E-state index in [1.54, 1.807) is 18.2 Å². The molecule has 3 aromatic rings. The number of esters is 1. The molecule has 0 unspecified atom stereocenters. The van der Waals surface area contributed by atoms with Crippen LogP contribution in [0.1, 0.15) is 27.0 Å². The second-order valence-electron chi connectivity index (χ2n) is 7.94. The number of nitrogens with one attached hydrogen (secondary N) is 1. The Bertz CT molecular complexity index is 1350. The Balaban J connectivity index is 1.75. The van der Waals surface area contributed by atoms with Crippen molar-refractivity contribution in [1.29, 1.82) is 0 Å². The third-order valence-electron chi connectivity index (χ3n) is 5.37. The van der Waals surface area contributed by atoms with Crippen molar-refractivity contribution >= 4 is 50.0 Å². The molecular weight excluding hydrogens is 624 g/mol. The van der Waals surface area contributed by atoms with E-state index >= 15 is 0 Å². The molecule has 200 valence electrons. The molecule has 0 aliphatic carbocycles. The molecule has 0 saturated heterocycles. The molecule has 3 rings (SSSR count). The van der Waals surface area contributed by atoms with Gasteiger partial charge in [-0.25, -0.2) is 10.2 Å². The lowest BCUT2D eigenvalue weighted by Gasteiger charge is -2.15. The summed E-state index contributed by atoms with van der Waals surface area (Å²) in [6.45, 7) is 3.75. The van der Waals surface area contributed by atoms with Gasteiger partial charge in [0, 0.05) is 10.0 Å². The van der Waals surface area contributed by atoms with Gasteiger partial charge in [-0.2, -0.15) is 5.10 Å². The Morgan fingerprint density at radius 2 is 1.58 bits per heavy atom. The number of hydrogen-bond donors (Lipinski definition) is 1. The Morgan fingerprint density at radius 3 is 2.18 bits per heavy atom. The van der Waals surface area contributed by atoms with E-state index in [1.807, 2.05) is 26.0 Å². The summed E-state index contributed by atoms with van der Waals surface area (Å²) in [5.74, 6) is 0.613. The minimum absolute atomic E-state index is 0.175. The van der Waals surface area contributed by atoms with Crippen molar-refractivity contribution in [2.75, 3.05) is 27.9 Å². The molecule has 3 aromatic carbocycles. The average Bonchev–Trinajstić information content (AvgIpc) is 2.90. The predicted molar refractivity (Wildman–Crippen MR) is 150 cm³/mol. The molecule has 0 aliphatic heterocycles. The van der Waals surface area contributed by atoms with Crippen LogP contribution in [0.5, 0.6) is 28.7 Å². The molecule has 0 heterocycles. The van der Waals surface area contributed by atoms with Gasteiger partial charge in [-0.3, -0.25) is 4.79 Å². The van der Waals surface area contributed by atoms with Crippen molar-refractivity contribution in [3.8, 4) is 28.7 Å². The van der Waals surface area contributed by atoms with Gasteiger partial charge in [0.25, 0.3) is 5.91 Å². The zero-order valence-electron chi connectivity index (χ0n) is 21.4. The van der Waals surface area contributed by atoms with Crippen LogP contribution in [0.3, 0.4) is 0 Å². The number of hydrazone groups is 1. The predicted octanol–water partition coefficient (Wildman–Crippen LogP) is 5.60. The molecule has 0 fully saturated rings. The Hall–Kier alpha value is -3.57. The van der Waals surface area contributed by atoms with E-state index in [1.165, 1.54) is 39.7 Å². The first-order valence-electron chi connectivity index (χ1n) is 11.2. The van der Waals surface area contributed by atoms with E-state index in [0.29, 0.717) is 37.5 Å². The van der Waals surface area contributed by atoms with Gasteiger partial charge in [-0.05, 0) is 77.3 Å². The van der Waals surface area contributed by atoms with Gasteiger partial charge in [0.05, 0.1) is 37.6 Å². The van der Waals surface area contributed by atoms with Crippen LogP contribution >= 0.6 is 31.9 Å². The number of carbonyl (C=O) groups is 2. The molecule has 0 aliphatic rings. The Labute approximate surface area is 237 Å². The summed E-state index contributed by atoms with van der Waals surface area (Å²) >= 11 is 6.82. The summed E-state index contributed by atoms with van der Waals surface area (Å²) in [5.41, 5.74) is 5.20. The second kappa shape index (κ2) is 13.3. The van der Waals surface area contributed by atoms with Gasteiger partial charge in [0.2, 0.25) is 5.75 Å². The van der Waals surface area contributed by atoms with E-state index in [2.05, 4.69) is 42.4 Å². The van der Waals surface area contributed by atoms with Crippen LogP contribution in [0.2, 0.25) is 0 Å². The van der Waals surface area contributed by atoms with Crippen LogP contribution in [0.4, 0.5) is 0 Å². The highest BCUT2D eigenvalue weighted by Gasteiger charge is 2.20. The van der Waals surface area contributed by atoms with Gasteiger partial charge >= 0.3 is 5.97 Å². The fourth-order valence-corrected chi connectivity index (χ4v) is 4.63. The van der Waals surface area contributed by atoms with Gasteiger partial charge in [0.1, 0.15) is 5.75 Å².